The van der Waals surface area contributed by atoms with Crippen LogP contribution in [0.1, 0.15) is 342 Å². The third kappa shape index (κ3) is 50.7. The van der Waals surface area contributed by atoms with Crippen molar-refractivity contribution in [1.82, 2.24) is 5.32 Å². The van der Waals surface area contributed by atoms with Crippen molar-refractivity contribution in [2.75, 3.05) is 13.2 Å². The van der Waals surface area contributed by atoms with E-state index in [4.69, 9.17) is 14.2 Å². The standard InChI is InChI=1S/C77H139NO10/c1-4-7-10-13-16-19-22-25-27-29-31-33-35-36-37-39-41-43-45-47-50-53-56-59-62-65-72(82)88-75-74(84)73(83)71(66-79)87-77(75)86-67-68(69(80)63-60-57-54-51-48-24-21-18-15-12-9-6-3)78-76(85)70(81)64-61-58-55-52-49-46-44-42-40-38-34-32-30-28-26-23-20-17-14-11-8-5-2/h16-17,19-20,25-28,32,34,60,63,68-71,73-75,77,79-81,83-84H,4-15,18,21-24,29-31,33,35-59,61-62,64-67H2,1-3H3,(H,78,85)/b19-16-,20-17-,27-25-,28-26-,34-32-,63-60+. The monoisotopic (exact) mass is 1240 g/mol. The molecule has 1 aliphatic rings. The molecule has 0 spiro atoms. The summed E-state index contributed by atoms with van der Waals surface area (Å²) < 4.78 is 17.7. The molecule has 512 valence electrons. The van der Waals surface area contributed by atoms with Gasteiger partial charge in [-0.2, -0.15) is 0 Å². The number of esters is 1. The molecule has 1 saturated heterocycles. The fraction of sp³-hybridized carbons (Fsp3) is 0.818. The van der Waals surface area contributed by atoms with Gasteiger partial charge in [-0.3, -0.25) is 9.59 Å². The van der Waals surface area contributed by atoms with Gasteiger partial charge >= 0.3 is 5.97 Å². The van der Waals surface area contributed by atoms with E-state index in [1.54, 1.807) is 6.08 Å². The van der Waals surface area contributed by atoms with Crippen LogP contribution in [0.15, 0.2) is 72.9 Å². The lowest BCUT2D eigenvalue weighted by atomic mass is 9.99. The Morgan fingerprint density at radius 1 is 0.443 bits per heavy atom. The normalized spacial score (nSPS) is 18.6. The van der Waals surface area contributed by atoms with E-state index in [0.717, 1.165) is 83.5 Å². The third-order valence-electron chi connectivity index (χ3n) is 17.3. The summed E-state index contributed by atoms with van der Waals surface area (Å²) in [7, 11) is 0. The fourth-order valence-electron chi connectivity index (χ4n) is 11.5. The Bertz CT molecular complexity index is 1710. The smallest absolute Gasteiger partial charge is 0.306 e. The first kappa shape index (κ1) is 83.1. The fourth-order valence-corrected chi connectivity index (χ4v) is 11.5. The zero-order chi connectivity index (χ0) is 63.9. The van der Waals surface area contributed by atoms with Crippen LogP contribution >= 0.6 is 0 Å². The largest absolute Gasteiger partial charge is 0.454 e. The third-order valence-corrected chi connectivity index (χ3v) is 17.3. The zero-order valence-electron chi connectivity index (χ0n) is 57.1. The van der Waals surface area contributed by atoms with Crippen molar-refractivity contribution in [1.29, 1.82) is 0 Å². The molecule has 6 N–H and O–H groups in total. The van der Waals surface area contributed by atoms with E-state index in [0.29, 0.717) is 12.8 Å². The van der Waals surface area contributed by atoms with Crippen molar-refractivity contribution in [3.8, 4) is 0 Å². The molecule has 0 radical (unpaired) electrons. The van der Waals surface area contributed by atoms with Gasteiger partial charge in [0.1, 0.15) is 24.4 Å². The average Bonchev–Trinajstić information content (AvgIpc) is 2.54. The molecule has 1 aliphatic heterocycles. The molecule has 1 rings (SSSR count). The molecule has 1 amide bonds. The Kier molecular flexibility index (Phi) is 60.6. The summed E-state index contributed by atoms with van der Waals surface area (Å²) >= 11 is 0. The minimum atomic E-state index is -1.62. The van der Waals surface area contributed by atoms with Crippen LogP contribution in [0.2, 0.25) is 0 Å². The van der Waals surface area contributed by atoms with E-state index in [2.05, 4.69) is 86.8 Å². The molecule has 11 nitrogen and oxygen atoms in total. The number of carbonyl (C=O) groups excluding carboxylic acids is 2. The highest BCUT2D eigenvalue weighted by Crippen LogP contribution is 2.26. The number of hydrogen-bond donors (Lipinski definition) is 6. The predicted molar refractivity (Wildman–Crippen MR) is 370 cm³/mol. The van der Waals surface area contributed by atoms with Crippen LogP contribution < -0.4 is 5.32 Å². The maximum atomic E-state index is 13.5. The molecule has 0 aromatic heterocycles. The quantitative estimate of drug-likeness (QED) is 0.0195. The number of hydrogen-bond acceptors (Lipinski definition) is 10. The van der Waals surface area contributed by atoms with Crippen molar-refractivity contribution in [2.45, 2.75) is 391 Å². The van der Waals surface area contributed by atoms with Gasteiger partial charge < -0.3 is 45.1 Å². The number of nitrogens with one attached hydrogen (secondary N) is 1. The first-order valence-corrected chi connectivity index (χ1v) is 37.2. The first-order chi connectivity index (χ1) is 43.2. The molecule has 1 fully saturated rings. The molecule has 8 unspecified atom stereocenters. The topological polar surface area (TPSA) is 175 Å². The highest BCUT2D eigenvalue weighted by atomic mass is 16.7. The summed E-state index contributed by atoms with van der Waals surface area (Å²) in [4.78, 5) is 26.7. The maximum Gasteiger partial charge on any atom is 0.306 e. The van der Waals surface area contributed by atoms with Gasteiger partial charge in [-0.25, -0.2) is 0 Å². The minimum absolute atomic E-state index is 0.123. The molecule has 0 aromatic rings. The lowest BCUT2D eigenvalue weighted by Gasteiger charge is -2.41. The van der Waals surface area contributed by atoms with Gasteiger partial charge in [0.2, 0.25) is 5.91 Å². The second-order valence-electron chi connectivity index (χ2n) is 25.7. The second-order valence-corrected chi connectivity index (χ2v) is 25.7. The molecular weight excluding hydrogens is 1100 g/mol. The van der Waals surface area contributed by atoms with Crippen LogP contribution in [0.25, 0.3) is 0 Å². The van der Waals surface area contributed by atoms with Crippen LogP contribution in [0.4, 0.5) is 0 Å². The van der Waals surface area contributed by atoms with E-state index >= 15 is 0 Å². The van der Waals surface area contributed by atoms with Crippen molar-refractivity contribution in [2.24, 2.45) is 0 Å². The van der Waals surface area contributed by atoms with Gasteiger partial charge in [0, 0.05) is 6.42 Å². The van der Waals surface area contributed by atoms with Gasteiger partial charge in [0.25, 0.3) is 0 Å². The lowest BCUT2D eigenvalue weighted by molar-refractivity contribution is -0.305. The Morgan fingerprint density at radius 2 is 0.784 bits per heavy atom. The number of aliphatic hydroxyl groups excluding tert-OH is 5. The van der Waals surface area contributed by atoms with Crippen molar-refractivity contribution in [3.05, 3.63) is 72.9 Å². The van der Waals surface area contributed by atoms with Gasteiger partial charge in [0.05, 0.1) is 25.4 Å². The highest BCUT2D eigenvalue weighted by Gasteiger charge is 2.47. The van der Waals surface area contributed by atoms with Crippen LogP contribution in [-0.4, -0.2) is 99.6 Å². The molecule has 0 aliphatic carbocycles. The number of allylic oxidation sites excluding steroid dienone is 11. The molecule has 1 heterocycles. The van der Waals surface area contributed by atoms with E-state index in [1.165, 1.54) is 212 Å². The summed E-state index contributed by atoms with van der Waals surface area (Å²) in [6.07, 6.45) is 73.7. The molecular formula is C77H139NO10. The summed E-state index contributed by atoms with van der Waals surface area (Å²) in [5.41, 5.74) is 0. The Hall–Kier alpha value is -2.90. The van der Waals surface area contributed by atoms with Crippen LogP contribution in [0, 0.1) is 0 Å². The summed E-state index contributed by atoms with van der Waals surface area (Å²) in [6.45, 7) is 5.78. The van der Waals surface area contributed by atoms with Gasteiger partial charge in [-0.1, -0.05) is 312 Å². The molecule has 11 heteroatoms. The average molecular weight is 1240 g/mol. The number of carbonyl (C=O) groups is 2. The Labute approximate surface area is 541 Å². The number of unbranched alkanes of at least 4 members (excludes halogenated alkanes) is 40. The van der Waals surface area contributed by atoms with E-state index in [9.17, 15) is 35.1 Å². The van der Waals surface area contributed by atoms with Crippen molar-refractivity contribution in [3.63, 3.8) is 0 Å². The highest BCUT2D eigenvalue weighted by molar-refractivity contribution is 5.80. The number of aliphatic hydroxyl groups is 5. The summed E-state index contributed by atoms with van der Waals surface area (Å²) in [5.74, 6) is -1.19. The van der Waals surface area contributed by atoms with Crippen LogP contribution in [0.5, 0.6) is 0 Å². The van der Waals surface area contributed by atoms with E-state index in [-0.39, 0.29) is 19.4 Å². The predicted octanol–water partition coefficient (Wildman–Crippen LogP) is 19.5. The van der Waals surface area contributed by atoms with Crippen LogP contribution in [0.3, 0.4) is 0 Å². The number of ether oxygens (including phenoxy) is 3. The van der Waals surface area contributed by atoms with Gasteiger partial charge in [0.15, 0.2) is 12.4 Å². The van der Waals surface area contributed by atoms with Gasteiger partial charge in [-0.15, -0.1) is 0 Å². The maximum absolute atomic E-state index is 13.5. The van der Waals surface area contributed by atoms with Crippen LogP contribution in [-0.2, 0) is 23.8 Å². The summed E-state index contributed by atoms with van der Waals surface area (Å²) in [6, 6.07) is -1.03. The van der Waals surface area contributed by atoms with E-state index in [1.807, 2.05) is 6.08 Å². The second kappa shape index (κ2) is 64.2. The van der Waals surface area contributed by atoms with Gasteiger partial charge in [-0.05, 0) is 96.3 Å². The molecule has 0 aromatic carbocycles. The minimum Gasteiger partial charge on any atom is -0.454 e. The molecule has 8 atom stereocenters. The molecule has 88 heavy (non-hydrogen) atoms. The van der Waals surface area contributed by atoms with E-state index < -0.39 is 67.4 Å². The zero-order valence-corrected chi connectivity index (χ0v) is 57.1. The SMILES string of the molecule is CCCCC/C=C\C/C=C\C/C=C\CCCCCCCCCCCC(O)C(=O)NC(COC1OC(CO)C(O)C(O)C1OC(=O)CCCCCCCCCCCCCCCCC/C=C\C/C=C\CCCCC)C(O)/C=C/CCCCCCCCCCCC. The number of amides is 1. The van der Waals surface area contributed by atoms with Crippen molar-refractivity contribution >= 4 is 11.9 Å². The molecule has 0 bridgehead atoms. The Morgan fingerprint density at radius 3 is 1.19 bits per heavy atom. The Balaban J connectivity index is 2.54. The molecule has 0 saturated carbocycles. The van der Waals surface area contributed by atoms with Crippen molar-refractivity contribution < 1.29 is 49.3 Å². The number of rotatable bonds is 64. The lowest BCUT2D eigenvalue weighted by Crippen LogP contribution is -2.61. The first-order valence-electron chi connectivity index (χ1n) is 37.2. The summed E-state index contributed by atoms with van der Waals surface area (Å²) in [5, 5.41) is 57.3.